The Hall–Kier alpha value is -2.69. The first-order chi connectivity index (χ1) is 12.2. The lowest BCUT2D eigenvalue weighted by molar-refractivity contribution is -0.116. The Kier molecular flexibility index (Phi) is 4.22. The van der Waals surface area contributed by atoms with Gasteiger partial charge in [0.05, 0.1) is 6.54 Å². The van der Waals surface area contributed by atoms with Crippen molar-refractivity contribution in [3.05, 3.63) is 54.0 Å². The molecule has 3 atom stereocenters. The van der Waals surface area contributed by atoms with Crippen LogP contribution in [0.25, 0.3) is 6.08 Å². The number of hydrogen-bond acceptors (Lipinski definition) is 4. The molecule has 130 valence electrons. The SMILES string of the molecule is C[C@@H]1C[C@@H]1c1ccc(/C=C/C(=O)NC[C@@H]2COc3ccccc3O2)o1. The maximum Gasteiger partial charge on any atom is 0.244 e. The first kappa shape index (κ1) is 15.8. The van der Waals surface area contributed by atoms with Gasteiger partial charge in [-0.2, -0.15) is 0 Å². The Morgan fingerprint density at radius 3 is 2.84 bits per heavy atom. The molecule has 5 heteroatoms. The monoisotopic (exact) mass is 339 g/mol. The van der Waals surface area contributed by atoms with Crippen molar-refractivity contribution in [2.75, 3.05) is 13.2 Å². The van der Waals surface area contributed by atoms with E-state index in [2.05, 4.69) is 12.2 Å². The van der Waals surface area contributed by atoms with Crippen LogP contribution in [0, 0.1) is 5.92 Å². The lowest BCUT2D eigenvalue weighted by atomic mass is 10.2. The fourth-order valence-corrected chi connectivity index (χ4v) is 2.97. The van der Waals surface area contributed by atoms with E-state index in [0.29, 0.717) is 36.5 Å². The minimum atomic E-state index is -0.196. The highest BCUT2D eigenvalue weighted by Crippen LogP contribution is 2.47. The molecule has 1 aromatic carbocycles. The molecule has 1 aromatic heterocycles. The quantitative estimate of drug-likeness (QED) is 0.849. The van der Waals surface area contributed by atoms with Crippen molar-refractivity contribution in [2.24, 2.45) is 5.92 Å². The van der Waals surface area contributed by atoms with E-state index in [9.17, 15) is 4.79 Å². The first-order valence-electron chi connectivity index (χ1n) is 8.63. The molecule has 0 radical (unpaired) electrons. The second-order valence-corrected chi connectivity index (χ2v) is 6.64. The van der Waals surface area contributed by atoms with Crippen LogP contribution in [0.1, 0.15) is 30.8 Å². The van der Waals surface area contributed by atoms with Crippen LogP contribution in [0.4, 0.5) is 0 Å². The zero-order chi connectivity index (χ0) is 17.2. The van der Waals surface area contributed by atoms with Crippen molar-refractivity contribution < 1.29 is 18.7 Å². The van der Waals surface area contributed by atoms with Gasteiger partial charge in [-0.3, -0.25) is 4.79 Å². The number of benzene rings is 1. The second kappa shape index (κ2) is 6.67. The zero-order valence-corrected chi connectivity index (χ0v) is 14.1. The molecular formula is C20H21NO4. The molecule has 2 aliphatic rings. The van der Waals surface area contributed by atoms with Crippen LogP contribution in [0.2, 0.25) is 0 Å². The van der Waals surface area contributed by atoms with Crippen molar-refractivity contribution in [1.82, 2.24) is 5.32 Å². The van der Waals surface area contributed by atoms with Gasteiger partial charge in [0.15, 0.2) is 11.5 Å². The summed E-state index contributed by atoms with van der Waals surface area (Å²) in [4.78, 5) is 12.0. The number of furan rings is 1. The van der Waals surface area contributed by atoms with Gasteiger partial charge in [0.25, 0.3) is 0 Å². The predicted molar refractivity (Wildman–Crippen MR) is 93.6 cm³/mol. The third kappa shape index (κ3) is 3.71. The average Bonchev–Trinajstić information content (AvgIpc) is 3.18. The maximum atomic E-state index is 12.0. The molecule has 1 amide bonds. The van der Waals surface area contributed by atoms with Crippen LogP contribution in [0.15, 0.2) is 46.9 Å². The predicted octanol–water partition coefficient (Wildman–Crippen LogP) is 3.37. The third-order valence-corrected chi connectivity index (χ3v) is 4.59. The van der Waals surface area contributed by atoms with Crippen LogP contribution >= 0.6 is 0 Å². The Balaban J connectivity index is 1.26. The van der Waals surface area contributed by atoms with Crippen LogP contribution in [0.3, 0.4) is 0 Å². The number of hydrogen-bond donors (Lipinski definition) is 1. The molecule has 0 spiro atoms. The van der Waals surface area contributed by atoms with Gasteiger partial charge >= 0.3 is 0 Å². The van der Waals surface area contributed by atoms with Gasteiger partial charge in [-0.15, -0.1) is 0 Å². The van der Waals surface area contributed by atoms with Crippen LogP contribution in [0.5, 0.6) is 11.5 Å². The molecule has 25 heavy (non-hydrogen) atoms. The molecule has 4 rings (SSSR count). The van der Waals surface area contributed by atoms with Crippen molar-refractivity contribution >= 4 is 12.0 Å². The minimum absolute atomic E-state index is 0.180. The highest BCUT2D eigenvalue weighted by atomic mass is 16.6. The lowest BCUT2D eigenvalue weighted by Gasteiger charge is -2.26. The molecule has 0 saturated heterocycles. The van der Waals surface area contributed by atoms with E-state index < -0.39 is 0 Å². The summed E-state index contributed by atoms with van der Waals surface area (Å²) in [5, 5.41) is 2.83. The molecular weight excluding hydrogens is 318 g/mol. The number of amides is 1. The van der Waals surface area contributed by atoms with Crippen LogP contribution in [-0.4, -0.2) is 25.2 Å². The number of fused-ring (bicyclic) bond motifs is 1. The van der Waals surface area contributed by atoms with Crippen molar-refractivity contribution in [3.63, 3.8) is 0 Å². The van der Waals surface area contributed by atoms with Gasteiger partial charge in [0.2, 0.25) is 5.91 Å². The number of ether oxygens (including phenoxy) is 2. The number of carbonyl (C=O) groups excluding carboxylic acids is 1. The summed E-state index contributed by atoms with van der Waals surface area (Å²) >= 11 is 0. The molecule has 0 unspecified atom stereocenters. The van der Waals surface area contributed by atoms with E-state index in [-0.39, 0.29) is 12.0 Å². The van der Waals surface area contributed by atoms with Gasteiger partial charge in [-0.25, -0.2) is 0 Å². The summed E-state index contributed by atoms with van der Waals surface area (Å²) in [5.74, 6) is 4.23. The molecule has 0 bridgehead atoms. The summed E-state index contributed by atoms with van der Waals surface area (Å²) < 4.78 is 17.2. The van der Waals surface area contributed by atoms with Gasteiger partial charge in [0.1, 0.15) is 24.2 Å². The summed E-state index contributed by atoms with van der Waals surface area (Å²) in [6.45, 7) is 3.02. The zero-order valence-electron chi connectivity index (χ0n) is 14.1. The molecule has 1 aliphatic carbocycles. The number of para-hydroxylation sites is 2. The number of carbonyl (C=O) groups is 1. The Morgan fingerprint density at radius 2 is 2.04 bits per heavy atom. The fraction of sp³-hybridized carbons (Fsp3) is 0.350. The van der Waals surface area contributed by atoms with E-state index >= 15 is 0 Å². The molecule has 1 fully saturated rings. The smallest absolute Gasteiger partial charge is 0.244 e. The highest BCUT2D eigenvalue weighted by Gasteiger charge is 2.36. The highest BCUT2D eigenvalue weighted by molar-refractivity contribution is 5.91. The average molecular weight is 339 g/mol. The van der Waals surface area contributed by atoms with Gasteiger partial charge in [-0.05, 0) is 42.7 Å². The number of nitrogens with one attached hydrogen (secondary N) is 1. The topological polar surface area (TPSA) is 60.7 Å². The Morgan fingerprint density at radius 1 is 1.24 bits per heavy atom. The Labute approximate surface area is 146 Å². The summed E-state index contributed by atoms with van der Waals surface area (Å²) in [5.41, 5.74) is 0. The molecule has 2 aromatic rings. The van der Waals surface area contributed by atoms with Gasteiger partial charge < -0.3 is 19.2 Å². The lowest BCUT2D eigenvalue weighted by Crippen LogP contribution is -2.40. The summed E-state index contributed by atoms with van der Waals surface area (Å²) in [6, 6.07) is 11.4. The minimum Gasteiger partial charge on any atom is -0.486 e. The molecule has 5 nitrogen and oxygen atoms in total. The largest absolute Gasteiger partial charge is 0.486 e. The fourth-order valence-electron chi connectivity index (χ4n) is 2.97. The summed E-state index contributed by atoms with van der Waals surface area (Å²) in [6.07, 6.45) is 4.17. The molecule has 1 saturated carbocycles. The van der Waals surface area contributed by atoms with Crippen LogP contribution in [-0.2, 0) is 4.79 Å². The summed E-state index contributed by atoms with van der Waals surface area (Å²) in [7, 11) is 0. The number of rotatable bonds is 5. The standard InChI is InChI=1S/C20H21NO4/c1-13-10-16(13)17-8-6-14(24-17)7-9-20(22)21-11-15-12-23-18-4-2-3-5-19(18)25-15/h2-9,13,15-16H,10-12H2,1H3,(H,21,22)/b9-7+/t13-,15-,16+/m1/s1. The van der Waals surface area contributed by atoms with E-state index in [1.165, 1.54) is 12.5 Å². The van der Waals surface area contributed by atoms with Gasteiger partial charge in [-0.1, -0.05) is 19.1 Å². The first-order valence-corrected chi connectivity index (χ1v) is 8.63. The normalized spacial score (nSPS) is 24.3. The van der Waals surface area contributed by atoms with E-state index in [1.54, 1.807) is 6.08 Å². The van der Waals surface area contributed by atoms with E-state index in [0.717, 1.165) is 11.5 Å². The van der Waals surface area contributed by atoms with Gasteiger partial charge in [0, 0.05) is 12.0 Å². The molecule has 1 N–H and O–H groups in total. The Bertz CT molecular complexity index is 794. The van der Waals surface area contributed by atoms with Crippen LogP contribution < -0.4 is 14.8 Å². The van der Waals surface area contributed by atoms with Crippen molar-refractivity contribution in [1.29, 1.82) is 0 Å². The third-order valence-electron chi connectivity index (χ3n) is 4.59. The van der Waals surface area contributed by atoms with Crippen molar-refractivity contribution in [2.45, 2.75) is 25.4 Å². The van der Waals surface area contributed by atoms with E-state index in [4.69, 9.17) is 13.9 Å². The molecule has 2 heterocycles. The van der Waals surface area contributed by atoms with E-state index in [1.807, 2.05) is 36.4 Å². The molecule has 1 aliphatic heterocycles. The second-order valence-electron chi connectivity index (χ2n) is 6.64. The maximum absolute atomic E-state index is 12.0. The van der Waals surface area contributed by atoms with Crippen molar-refractivity contribution in [3.8, 4) is 11.5 Å².